The SMILES string of the molecule is CCC(C)(C)C(=O)OCCOC1c2ccccc2CC2C(=O)N(c3ccccc3)C(=O)C21. The molecular formula is C26H29NO5. The van der Waals surface area contributed by atoms with Crippen molar-refractivity contribution in [3.63, 3.8) is 0 Å². The van der Waals surface area contributed by atoms with Crippen molar-refractivity contribution in [3.05, 3.63) is 65.7 Å². The van der Waals surface area contributed by atoms with Gasteiger partial charge in [-0.25, -0.2) is 4.90 Å². The summed E-state index contributed by atoms with van der Waals surface area (Å²) < 4.78 is 11.5. The predicted octanol–water partition coefficient (Wildman–Crippen LogP) is 4.09. The van der Waals surface area contributed by atoms with Crippen molar-refractivity contribution in [2.24, 2.45) is 17.3 Å². The first-order chi connectivity index (χ1) is 15.3. The Hall–Kier alpha value is -2.99. The van der Waals surface area contributed by atoms with E-state index in [2.05, 4.69) is 0 Å². The predicted molar refractivity (Wildman–Crippen MR) is 120 cm³/mol. The zero-order valence-electron chi connectivity index (χ0n) is 18.7. The average molecular weight is 436 g/mol. The molecule has 32 heavy (non-hydrogen) atoms. The number of para-hydroxylation sites is 1. The van der Waals surface area contributed by atoms with Crippen LogP contribution in [0.2, 0.25) is 0 Å². The van der Waals surface area contributed by atoms with Crippen LogP contribution in [0.3, 0.4) is 0 Å². The molecule has 1 aliphatic heterocycles. The molecule has 6 nitrogen and oxygen atoms in total. The lowest BCUT2D eigenvalue weighted by atomic mass is 9.75. The summed E-state index contributed by atoms with van der Waals surface area (Å²) in [5.41, 5.74) is 1.96. The van der Waals surface area contributed by atoms with E-state index >= 15 is 0 Å². The van der Waals surface area contributed by atoms with E-state index < -0.39 is 23.4 Å². The van der Waals surface area contributed by atoms with Crippen molar-refractivity contribution in [1.82, 2.24) is 0 Å². The quantitative estimate of drug-likeness (QED) is 0.372. The van der Waals surface area contributed by atoms with Gasteiger partial charge in [0, 0.05) is 0 Å². The number of ether oxygens (including phenoxy) is 2. The van der Waals surface area contributed by atoms with Gasteiger partial charge in [-0.05, 0) is 49.9 Å². The molecule has 1 heterocycles. The standard InChI is InChI=1S/C26H29NO5/c1-4-26(2,3)25(30)32-15-14-31-22-19-13-9-8-10-17(19)16-20-21(22)24(29)27(23(20)28)18-11-6-5-7-12-18/h5-13,20-22H,4,14-16H2,1-3H3. The maximum Gasteiger partial charge on any atom is 0.311 e. The van der Waals surface area contributed by atoms with Gasteiger partial charge in [0.2, 0.25) is 11.8 Å². The van der Waals surface area contributed by atoms with Crippen LogP contribution in [0, 0.1) is 17.3 Å². The lowest BCUT2D eigenvalue weighted by Crippen LogP contribution is -2.34. The minimum atomic E-state index is -0.597. The second-order valence-electron chi connectivity index (χ2n) is 9.05. The fraction of sp³-hybridized carbons (Fsp3) is 0.423. The number of benzene rings is 2. The van der Waals surface area contributed by atoms with Gasteiger partial charge in [-0.1, -0.05) is 49.4 Å². The molecule has 3 atom stereocenters. The minimum Gasteiger partial charge on any atom is -0.463 e. The smallest absolute Gasteiger partial charge is 0.311 e. The highest BCUT2D eigenvalue weighted by Gasteiger charge is 2.54. The average Bonchev–Trinajstić information content (AvgIpc) is 3.06. The van der Waals surface area contributed by atoms with Gasteiger partial charge in [0.25, 0.3) is 0 Å². The molecule has 2 amide bonds. The Balaban J connectivity index is 1.54. The first kappa shape index (κ1) is 22.2. The number of carbonyl (C=O) groups is 3. The van der Waals surface area contributed by atoms with Gasteiger partial charge < -0.3 is 9.47 Å². The Kier molecular flexibility index (Phi) is 6.15. The summed E-state index contributed by atoms with van der Waals surface area (Å²) >= 11 is 0. The number of fused-ring (bicyclic) bond motifs is 2. The van der Waals surface area contributed by atoms with Gasteiger partial charge in [0.05, 0.1) is 35.6 Å². The van der Waals surface area contributed by atoms with E-state index in [1.807, 2.05) is 63.2 Å². The highest BCUT2D eigenvalue weighted by molar-refractivity contribution is 6.22. The normalized spacial score (nSPS) is 22.5. The lowest BCUT2D eigenvalue weighted by Gasteiger charge is -2.32. The van der Waals surface area contributed by atoms with E-state index in [1.165, 1.54) is 4.90 Å². The summed E-state index contributed by atoms with van der Waals surface area (Å²) in [6.45, 7) is 5.89. The zero-order chi connectivity index (χ0) is 22.9. The lowest BCUT2D eigenvalue weighted by molar-refractivity contribution is -0.157. The first-order valence-electron chi connectivity index (χ1n) is 11.1. The van der Waals surface area contributed by atoms with Gasteiger partial charge >= 0.3 is 5.97 Å². The Morgan fingerprint density at radius 3 is 2.41 bits per heavy atom. The van der Waals surface area contributed by atoms with Gasteiger partial charge in [0.15, 0.2) is 0 Å². The maximum absolute atomic E-state index is 13.4. The number of amides is 2. The third-order valence-corrected chi connectivity index (χ3v) is 6.67. The van der Waals surface area contributed by atoms with Crippen LogP contribution in [0.15, 0.2) is 54.6 Å². The minimum absolute atomic E-state index is 0.100. The van der Waals surface area contributed by atoms with E-state index in [9.17, 15) is 14.4 Å². The van der Waals surface area contributed by atoms with Gasteiger partial charge in [-0.3, -0.25) is 14.4 Å². The number of hydrogen-bond acceptors (Lipinski definition) is 5. The van der Waals surface area contributed by atoms with Crippen molar-refractivity contribution < 1.29 is 23.9 Å². The van der Waals surface area contributed by atoms with Gasteiger partial charge in [0.1, 0.15) is 6.61 Å². The van der Waals surface area contributed by atoms with E-state index in [4.69, 9.17) is 9.47 Å². The van der Waals surface area contributed by atoms with Crippen molar-refractivity contribution in [1.29, 1.82) is 0 Å². The molecule has 2 aromatic carbocycles. The molecule has 1 aliphatic carbocycles. The molecule has 1 saturated heterocycles. The monoisotopic (exact) mass is 435 g/mol. The van der Waals surface area contributed by atoms with Crippen molar-refractivity contribution in [3.8, 4) is 0 Å². The third-order valence-electron chi connectivity index (χ3n) is 6.67. The molecule has 0 N–H and O–H groups in total. The van der Waals surface area contributed by atoms with E-state index in [-0.39, 0.29) is 31.0 Å². The summed E-state index contributed by atoms with van der Waals surface area (Å²) in [5.74, 6) is -1.77. The Morgan fingerprint density at radius 1 is 1.00 bits per heavy atom. The number of anilines is 1. The highest BCUT2D eigenvalue weighted by atomic mass is 16.6. The first-order valence-corrected chi connectivity index (χ1v) is 11.1. The van der Waals surface area contributed by atoms with Crippen LogP contribution in [0.25, 0.3) is 0 Å². The molecule has 0 spiro atoms. The largest absolute Gasteiger partial charge is 0.463 e. The van der Waals surface area contributed by atoms with Crippen molar-refractivity contribution >= 4 is 23.5 Å². The van der Waals surface area contributed by atoms with E-state index in [0.717, 1.165) is 11.1 Å². The maximum atomic E-state index is 13.4. The van der Waals surface area contributed by atoms with Crippen LogP contribution in [0.1, 0.15) is 44.4 Å². The Bertz CT molecular complexity index is 1020. The topological polar surface area (TPSA) is 72.9 Å². The Morgan fingerprint density at radius 2 is 1.69 bits per heavy atom. The molecule has 0 saturated carbocycles. The molecule has 2 aliphatic rings. The highest BCUT2D eigenvalue weighted by Crippen LogP contribution is 2.46. The zero-order valence-corrected chi connectivity index (χ0v) is 18.7. The molecule has 3 unspecified atom stereocenters. The second-order valence-corrected chi connectivity index (χ2v) is 9.05. The van der Waals surface area contributed by atoms with Crippen molar-refractivity contribution in [2.75, 3.05) is 18.1 Å². The number of carbonyl (C=O) groups excluding carboxylic acids is 3. The summed E-state index contributed by atoms with van der Waals surface area (Å²) in [5, 5.41) is 0. The van der Waals surface area contributed by atoms with Crippen molar-refractivity contribution in [2.45, 2.75) is 39.7 Å². The van der Waals surface area contributed by atoms with Crippen LogP contribution in [-0.4, -0.2) is 31.0 Å². The van der Waals surface area contributed by atoms with Gasteiger partial charge in [-0.2, -0.15) is 0 Å². The van der Waals surface area contributed by atoms with Crippen LogP contribution in [0.4, 0.5) is 5.69 Å². The van der Waals surface area contributed by atoms with E-state index in [1.54, 1.807) is 12.1 Å². The van der Waals surface area contributed by atoms with E-state index in [0.29, 0.717) is 18.5 Å². The molecule has 0 radical (unpaired) electrons. The summed E-state index contributed by atoms with van der Waals surface area (Å²) in [6.07, 6.45) is 0.625. The Labute approximate surface area is 188 Å². The van der Waals surface area contributed by atoms with Gasteiger partial charge in [-0.15, -0.1) is 0 Å². The third kappa shape index (κ3) is 3.95. The fourth-order valence-corrected chi connectivity index (χ4v) is 4.41. The molecule has 1 fully saturated rings. The molecule has 6 heteroatoms. The number of esters is 1. The molecule has 168 valence electrons. The van der Waals surface area contributed by atoms with Crippen LogP contribution in [-0.2, 0) is 30.3 Å². The molecular weight excluding hydrogens is 406 g/mol. The van der Waals surface area contributed by atoms with Crippen LogP contribution in [0.5, 0.6) is 0 Å². The summed E-state index contributed by atoms with van der Waals surface area (Å²) in [4.78, 5) is 40.2. The summed E-state index contributed by atoms with van der Waals surface area (Å²) in [6, 6.07) is 16.8. The second kappa shape index (κ2) is 8.87. The fourth-order valence-electron chi connectivity index (χ4n) is 4.41. The molecule has 4 rings (SSSR count). The number of nitrogens with zero attached hydrogens (tertiary/aromatic N) is 1. The van der Waals surface area contributed by atoms with Crippen LogP contribution < -0.4 is 4.90 Å². The molecule has 0 bridgehead atoms. The number of hydrogen-bond donors (Lipinski definition) is 0. The number of imide groups is 1. The molecule has 2 aromatic rings. The van der Waals surface area contributed by atoms with Crippen LogP contribution >= 0.6 is 0 Å². The number of rotatable bonds is 7. The summed E-state index contributed by atoms with van der Waals surface area (Å²) in [7, 11) is 0. The molecule has 0 aromatic heterocycles.